The summed E-state index contributed by atoms with van der Waals surface area (Å²) in [5, 5.41) is 0.694. The quantitative estimate of drug-likeness (QED) is 0.281. The third-order valence-electron chi connectivity index (χ3n) is 6.55. The molecule has 0 saturated heterocycles. The third kappa shape index (κ3) is 4.46. The summed E-state index contributed by atoms with van der Waals surface area (Å²) < 4.78 is 0. The van der Waals surface area contributed by atoms with Crippen LogP contribution in [0.15, 0.2) is 89.7 Å². The molecule has 5 rings (SSSR count). The second-order valence-corrected chi connectivity index (χ2v) is 11.1. The summed E-state index contributed by atoms with van der Waals surface area (Å²) in [7, 11) is 0. The molecule has 1 N–H and O–H groups in total. The van der Waals surface area contributed by atoms with Crippen molar-refractivity contribution in [3.8, 4) is 11.1 Å². The molecule has 0 aliphatic carbocycles. The number of H-pyrrole nitrogens is 1. The molecule has 0 aliphatic heterocycles. The number of aryl methyl sites for hydroxylation is 1. The molecule has 0 radical (unpaired) electrons. The highest BCUT2D eigenvalue weighted by Crippen LogP contribution is 2.38. The molecule has 5 aromatic rings. The van der Waals surface area contributed by atoms with Crippen LogP contribution in [0, 0.1) is 0 Å². The molecule has 0 spiro atoms. The maximum absolute atomic E-state index is 13.6. The first kappa shape index (κ1) is 23.3. The fourth-order valence-corrected chi connectivity index (χ4v) is 5.84. The minimum atomic E-state index is -0.142. The second-order valence-electron chi connectivity index (χ2n) is 9.97. The molecule has 4 heteroatoms. The first-order valence-electron chi connectivity index (χ1n) is 12.1. The predicted octanol–water partition coefficient (Wildman–Crippen LogP) is 7.69. The van der Waals surface area contributed by atoms with E-state index in [0.717, 1.165) is 33.5 Å². The number of hydrogen-bond donors (Lipinski definition) is 1. The van der Waals surface area contributed by atoms with Crippen molar-refractivity contribution in [2.45, 2.75) is 45.4 Å². The molecule has 0 saturated carbocycles. The van der Waals surface area contributed by atoms with Crippen molar-refractivity contribution in [1.82, 2.24) is 9.97 Å². The molecular formula is C31H30N2OS. The minimum absolute atomic E-state index is 0.0762. The largest absolute Gasteiger partial charge is 0.309 e. The van der Waals surface area contributed by atoms with Gasteiger partial charge < -0.3 is 4.98 Å². The fraction of sp³-hybridized carbons (Fsp3) is 0.226. The van der Waals surface area contributed by atoms with E-state index in [-0.39, 0.29) is 16.9 Å². The number of fused-ring (bicyclic) bond motifs is 1. The summed E-state index contributed by atoms with van der Waals surface area (Å²) in [6.45, 7) is 8.78. The van der Waals surface area contributed by atoms with Crippen molar-refractivity contribution in [2.75, 3.05) is 0 Å². The Kier molecular flexibility index (Phi) is 6.16. The number of benzene rings is 3. The van der Waals surface area contributed by atoms with Crippen LogP contribution in [0.3, 0.4) is 0 Å². The van der Waals surface area contributed by atoms with Gasteiger partial charge in [-0.3, -0.25) is 4.79 Å². The average molecular weight is 479 g/mol. The Labute approximate surface area is 210 Å². The molecule has 176 valence electrons. The molecule has 3 nitrogen and oxygen atoms in total. The molecular weight excluding hydrogens is 448 g/mol. The van der Waals surface area contributed by atoms with E-state index >= 15 is 0 Å². The van der Waals surface area contributed by atoms with E-state index in [1.54, 1.807) is 11.3 Å². The normalized spacial score (nSPS) is 11.9. The van der Waals surface area contributed by atoms with E-state index in [4.69, 9.17) is 4.98 Å². The highest BCUT2D eigenvalue weighted by atomic mass is 32.1. The van der Waals surface area contributed by atoms with Crippen LogP contribution >= 0.6 is 11.3 Å². The fourth-order valence-electron chi connectivity index (χ4n) is 4.70. The van der Waals surface area contributed by atoms with Gasteiger partial charge in [-0.25, -0.2) is 4.98 Å². The lowest BCUT2D eigenvalue weighted by atomic mass is 9.86. The van der Waals surface area contributed by atoms with Crippen LogP contribution in [0.2, 0.25) is 0 Å². The van der Waals surface area contributed by atoms with Gasteiger partial charge in [0.1, 0.15) is 10.7 Å². The van der Waals surface area contributed by atoms with E-state index in [1.807, 2.05) is 36.4 Å². The van der Waals surface area contributed by atoms with Crippen LogP contribution in [0.5, 0.6) is 0 Å². The summed E-state index contributed by atoms with van der Waals surface area (Å²) in [6, 6.07) is 29.1. The highest BCUT2D eigenvalue weighted by Gasteiger charge is 2.24. The number of hydrogen-bond acceptors (Lipinski definition) is 3. The summed E-state index contributed by atoms with van der Waals surface area (Å²) in [6.07, 6.45) is 0.854. The summed E-state index contributed by atoms with van der Waals surface area (Å²) >= 11 is 1.63. The number of aromatic nitrogens is 2. The minimum Gasteiger partial charge on any atom is -0.309 e. The molecule has 0 bridgehead atoms. The van der Waals surface area contributed by atoms with Crippen LogP contribution in [0.25, 0.3) is 21.3 Å². The van der Waals surface area contributed by atoms with Crippen molar-refractivity contribution < 1.29 is 0 Å². The lowest BCUT2D eigenvalue weighted by molar-refractivity contribution is 0.590. The van der Waals surface area contributed by atoms with E-state index < -0.39 is 0 Å². The number of nitrogens with one attached hydrogen (secondary N) is 1. The van der Waals surface area contributed by atoms with Crippen LogP contribution < -0.4 is 5.56 Å². The maximum Gasteiger partial charge on any atom is 0.260 e. The zero-order valence-electron chi connectivity index (χ0n) is 20.6. The second kappa shape index (κ2) is 9.27. The van der Waals surface area contributed by atoms with Crippen LogP contribution in [0.4, 0.5) is 0 Å². The first-order valence-corrected chi connectivity index (χ1v) is 12.9. The summed E-state index contributed by atoms with van der Waals surface area (Å²) in [5.74, 6) is 0.537. The van der Waals surface area contributed by atoms with Gasteiger partial charge in [0.2, 0.25) is 0 Å². The van der Waals surface area contributed by atoms with E-state index in [2.05, 4.69) is 81.2 Å². The monoisotopic (exact) mass is 478 g/mol. The first-order chi connectivity index (χ1) is 16.9. The van der Waals surface area contributed by atoms with Crippen molar-refractivity contribution in [3.05, 3.63) is 123 Å². The summed E-state index contributed by atoms with van der Waals surface area (Å²) in [5.41, 5.74) is 5.58. The zero-order valence-corrected chi connectivity index (χ0v) is 21.4. The number of nitrogens with zero attached hydrogens (tertiary/aromatic N) is 1. The Morgan fingerprint density at radius 2 is 1.43 bits per heavy atom. The van der Waals surface area contributed by atoms with Gasteiger partial charge in [-0.05, 0) is 34.1 Å². The van der Waals surface area contributed by atoms with Crippen molar-refractivity contribution in [2.24, 2.45) is 0 Å². The number of aromatic amines is 1. The van der Waals surface area contributed by atoms with Crippen LogP contribution in [0.1, 0.15) is 61.0 Å². The van der Waals surface area contributed by atoms with Gasteiger partial charge in [0.25, 0.3) is 5.56 Å². The van der Waals surface area contributed by atoms with Gasteiger partial charge in [-0.1, -0.05) is 113 Å². The Morgan fingerprint density at radius 1 is 0.857 bits per heavy atom. The van der Waals surface area contributed by atoms with E-state index in [0.29, 0.717) is 11.2 Å². The van der Waals surface area contributed by atoms with Crippen LogP contribution in [-0.4, -0.2) is 9.97 Å². The lowest BCUT2D eigenvalue weighted by Gasteiger charge is -2.19. The zero-order chi connectivity index (χ0) is 24.6. The van der Waals surface area contributed by atoms with Gasteiger partial charge in [-0.15, -0.1) is 11.3 Å². The third-order valence-corrected chi connectivity index (χ3v) is 7.78. The van der Waals surface area contributed by atoms with Gasteiger partial charge in [0, 0.05) is 10.4 Å². The molecule has 3 aromatic carbocycles. The SMILES string of the molecule is CCc1sc2nc(C(c3ccccc3)c3ccccc3)[nH]c(=O)c2c1-c1ccc(C(C)(C)C)cc1. The topological polar surface area (TPSA) is 45.8 Å². The highest BCUT2D eigenvalue weighted by molar-refractivity contribution is 7.19. The van der Waals surface area contributed by atoms with Crippen LogP contribution in [-0.2, 0) is 11.8 Å². The Bertz CT molecular complexity index is 1470. The molecule has 0 atom stereocenters. The average Bonchev–Trinajstić information content (AvgIpc) is 3.24. The van der Waals surface area contributed by atoms with E-state index in [1.165, 1.54) is 10.4 Å². The van der Waals surface area contributed by atoms with Gasteiger partial charge in [-0.2, -0.15) is 0 Å². The molecule has 0 amide bonds. The lowest BCUT2D eigenvalue weighted by Crippen LogP contribution is -2.16. The molecule has 2 heterocycles. The molecule has 35 heavy (non-hydrogen) atoms. The number of rotatable bonds is 5. The van der Waals surface area contributed by atoms with Crippen molar-refractivity contribution >= 4 is 21.6 Å². The Hall–Kier alpha value is -3.50. The summed E-state index contributed by atoms with van der Waals surface area (Å²) in [4.78, 5) is 23.8. The van der Waals surface area contributed by atoms with Gasteiger partial charge in [0.05, 0.1) is 11.3 Å². The van der Waals surface area contributed by atoms with Gasteiger partial charge in [0.15, 0.2) is 0 Å². The van der Waals surface area contributed by atoms with Crippen molar-refractivity contribution in [3.63, 3.8) is 0 Å². The van der Waals surface area contributed by atoms with E-state index in [9.17, 15) is 4.79 Å². The van der Waals surface area contributed by atoms with Crippen molar-refractivity contribution in [1.29, 1.82) is 0 Å². The standard InChI is InChI=1S/C31H30N2OS/c1-5-24-26(22-16-18-23(19-17-22)31(2,3)4)27-29(34)32-28(33-30(27)35-24)25(20-12-8-6-9-13-20)21-14-10-7-11-15-21/h6-19,25H,5H2,1-4H3,(H,32,33,34). The Morgan fingerprint density at radius 3 is 1.94 bits per heavy atom. The smallest absolute Gasteiger partial charge is 0.260 e. The molecule has 0 unspecified atom stereocenters. The molecule has 2 aromatic heterocycles. The maximum atomic E-state index is 13.6. The van der Waals surface area contributed by atoms with Gasteiger partial charge >= 0.3 is 0 Å². The molecule has 0 fully saturated rings. The Balaban J connectivity index is 1.69. The number of thiophene rings is 1. The predicted molar refractivity (Wildman–Crippen MR) is 148 cm³/mol. The molecule has 0 aliphatic rings.